The van der Waals surface area contributed by atoms with E-state index in [4.69, 9.17) is 4.74 Å². The summed E-state index contributed by atoms with van der Waals surface area (Å²) in [4.78, 5) is 16.7. The van der Waals surface area contributed by atoms with E-state index in [1.807, 2.05) is 68.4 Å². The second kappa shape index (κ2) is 7.83. The number of methoxy groups -OCH3 is 1. The van der Waals surface area contributed by atoms with Gasteiger partial charge in [-0.3, -0.25) is 9.78 Å². The van der Waals surface area contributed by atoms with E-state index in [-0.39, 0.29) is 11.9 Å². The summed E-state index contributed by atoms with van der Waals surface area (Å²) in [6, 6.07) is 17.4. The fourth-order valence-electron chi connectivity index (χ4n) is 2.91. The molecular weight excluding hydrogens is 324 g/mol. The molecule has 0 aliphatic carbocycles. The summed E-state index contributed by atoms with van der Waals surface area (Å²) in [5.74, 6) is 0.695. The zero-order chi connectivity index (χ0) is 18.5. The molecule has 1 heterocycles. The molecule has 1 aromatic heterocycles. The number of amides is 1. The maximum atomic E-state index is 12.7. The van der Waals surface area contributed by atoms with Crippen LogP contribution in [0.1, 0.15) is 34.5 Å². The number of nitrogens with one attached hydrogen (secondary N) is 1. The van der Waals surface area contributed by atoms with Crippen molar-refractivity contribution in [2.75, 3.05) is 7.11 Å². The Balaban J connectivity index is 1.77. The number of carbonyl (C=O) groups excluding carboxylic acids is 1. The summed E-state index contributed by atoms with van der Waals surface area (Å²) < 4.78 is 5.25. The summed E-state index contributed by atoms with van der Waals surface area (Å²) >= 11 is 0. The molecule has 1 unspecified atom stereocenters. The van der Waals surface area contributed by atoms with Gasteiger partial charge in [0.05, 0.1) is 13.2 Å². The van der Waals surface area contributed by atoms with Gasteiger partial charge in [-0.25, -0.2) is 0 Å². The highest BCUT2D eigenvalue weighted by atomic mass is 16.5. The van der Waals surface area contributed by atoms with Gasteiger partial charge in [0.2, 0.25) is 0 Å². The van der Waals surface area contributed by atoms with Crippen molar-refractivity contribution < 1.29 is 9.53 Å². The van der Waals surface area contributed by atoms with Gasteiger partial charge in [-0.1, -0.05) is 24.3 Å². The average Bonchev–Trinajstić information content (AvgIpc) is 2.68. The van der Waals surface area contributed by atoms with Gasteiger partial charge in [0.1, 0.15) is 5.75 Å². The molecule has 0 saturated carbocycles. The van der Waals surface area contributed by atoms with Gasteiger partial charge in [0, 0.05) is 18.0 Å². The summed E-state index contributed by atoms with van der Waals surface area (Å²) in [6.45, 7) is 3.92. The first kappa shape index (κ1) is 17.7. The number of benzene rings is 2. The molecule has 132 valence electrons. The zero-order valence-corrected chi connectivity index (χ0v) is 15.2. The molecule has 2 aromatic carbocycles. The molecule has 0 fully saturated rings. The van der Waals surface area contributed by atoms with Crippen LogP contribution in [0, 0.1) is 6.92 Å². The van der Waals surface area contributed by atoms with Crippen molar-refractivity contribution in [1.82, 2.24) is 10.3 Å². The number of hydrogen-bond acceptors (Lipinski definition) is 3. The Hall–Kier alpha value is -3.14. The lowest BCUT2D eigenvalue weighted by molar-refractivity contribution is 0.0939. The van der Waals surface area contributed by atoms with Crippen molar-refractivity contribution in [3.05, 3.63) is 83.7 Å². The lowest BCUT2D eigenvalue weighted by Gasteiger charge is -2.16. The molecule has 0 saturated heterocycles. The van der Waals surface area contributed by atoms with Gasteiger partial charge in [-0.2, -0.15) is 0 Å². The molecule has 1 N–H and O–H groups in total. The Kier molecular flexibility index (Phi) is 5.32. The lowest BCUT2D eigenvalue weighted by atomic mass is 9.99. The molecule has 0 aliphatic heterocycles. The maximum Gasteiger partial charge on any atom is 0.252 e. The van der Waals surface area contributed by atoms with Crippen molar-refractivity contribution in [3.63, 3.8) is 0 Å². The van der Waals surface area contributed by atoms with Crippen molar-refractivity contribution in [2.24, 2.45) is 0 Å². The molecule has 4 nitrogen and oxygen atoms in total. The van der Waals surface area contributed by atoms with Crippen LogP contribution in [-0.4, -0.2) is 18.0 Å². The third kappa shape index (κ3) is 3.91. The first-order chi connectivity index (χ1) is 12.6. The van der Waals surface area contributed by atoms with Gasteiger partial charge >= 0.3 is 0 Å². The number of pyridine rings is 1. The highest BCUT2D eigenvalue weighted by molar-refractivity contribution is 5.96. The predicted octanol–water partition coefficient (Wildman–Crippen LogP) is 4.56. The number of aromatic nitrogens is 1. The minimum absolute atomic E-state index is 0.0842. The van der Waals surface area contributed by atoms with E-state index in [1.165, 1.54) is 0 Å². The van der Waals surface area contributed by atoms with Crippen LogP contribution in [0.25, 0.3) is 11.1 Å². The van der Waals surface area contributed by atoms with Crippen molar-refractivity contribution in [2.45, 2.75) is 19.9 Å². The molecular formula is C22H22N2O2. The SMILES string of the molecule is COc1cccc(C(C)NC(=O)c2ccc(-c3ccncc3)cc2C)c1. The Morgan fingerprint density at radius 3 is 2.50 bits per heavy atom. The van der Waals surface area contributed by atoms with Crippen LogP contribution in [0.15, 0.2) is 67.0 Å². The Morgan fingerprint density at radius 1 is 1.04 bits per heavy atom. The van der Waals surface area contributed by atoms with Gasteiger partial charge in [0.15, 0.2) is 0 Å². The van der Waals surface area contributed by atoms with Crippen LogP contribution in [0.5, 0.6) is 5.75 Å². The number of nitrogens with zero attached hydrogens (tertiary/aromatic N) is 1. The van der Waals surface area contributed by atoms with E-state index in [9.17, 15) is 4.79 Å². The molecule has 0 bridgehead atoms. The standard InChI is InChI=1S/C22H22N2O2/c1-15-13-19(17-9-11-23-12-10-17)7-8-21(15)22(25)24-16(2)18-5-4-6-20(14-18)26-3/h4-14,16H,1-3H3,(H,24,25). The highest BCUT2D eigenvalue weighted by Gasteiger charge is 2.14. The van der Waals surface area contributed by atoms with Crippen molar-refractivity contribution in [1.29, 1.82) is 0 Å². The molecule has 0 aliphatic rings. The van der Waals surface area contributed by atoms with Crippen LogP contribution in [0.2, 0.25) is 0 Å². The van der Waals surface area contributed by atoms with Crippen molar-refractivity contribution in [3.8, 4) is 16.9 Å². The fourth-order valence-corrected chi connectivity index (χ4v) is 2.91. The molecule has 0 radical (unpaired) electrons. The fraction of sp³-hybridized carbons (Fsp3) is 0.182. The number of hydrogen-bond donors (Lipinski definition) is 1. The minimum Gasteiger partial charge on any atom is -0.497 e. The predicted molar refractivity (Wildman–Crippen MR) is 103 cm³/mol. The van der Waals surface area contributed by atoms with Gasteiger partial charge in [-0.15, -0.1) is 0 Å². The Bertz CT molecular complexity index is 907. The van der Waals surface area contributed by atoms with E-state index in [2.05, 4.69) is 10.3 Å². The molecule has 26 heavy (non-hydrogen) atoms. The Morgan fingerprint density at radius 2 is 1.81 bits per heavy atom. The first-order valence-corrected chi connectivity index (χ1v) is 8.54. The van der Waals surface area contributed by atoms with Crippen molar-refractivity contribution >= 4 is 5.91 Å². The largest absolute Gasteiger partial charge is 0.497 e. The van der Waals surface area contributed by atoms with Crippen LogP contribution >= 0.6 is 0 Å². The Labute approximate surface area is 153 Å². The van der Waals surface area contributed by atoms with Gasteiger partial charge in [-0.05, 0) is 66.4 Å². The molecule has 4 heteroatoms. The normalized spacial score (nSPS) is 11.7. The molecule has 3 aromatic rings. The average molecular weight is 346 g/mol. The van der Waals surface area contributed by atoms with E-state index in [1.54, 1.807) is 19.5 Å². The molecule has 1 atom stereocenters. The summed E-state index contributed by atoms with van der Waals surface area (Å²) in [6.07, 6.45) is 3.53. The smallest absolute Gasteiger partial charge is 0.252 e. The second-order valence-electron chi connectivity index (χ2n) is 6.24. The number of rotatable bonds is 5. The quantitative estimate of drug-likeness (QED) is 0.737. The van der Waals surface area contributed by atoms with Crippen LogP contribution in [0.3, 0.4) is 0 Å². The summed E-state index contributed by atoms with van der Waals surface area (Å²) in [7, 11) is 1.63. The first-order valence-electron chi connectivity index (χ1n) is 8.54. The number of aryl methyl sites for hydroxylation is 1. The third-order valence-corrected chi connectivity index (χ3v) is 4.43. The molecule has 1 amide bonds. The highest BCUT2D eigenvalue weighted by Crippen LogP contribution is 2.23. The van der Waals surface area contributed by atoms with Gasteiger partial charge < -0.3 is 10.1 Å². The molecule has 0 spiro atoms. The van der Waals surface area contributed by atoms with Crippen LogP contribution < -0.4 is 10.1 Å². The van der Waals surface area contributed by atoms with E-state index < -0.39 is 0 Å². The van der Waals surface area contributed by atoms with Gasteiger partial charge in [0.25, 0.3) is 5.91 Å². The maximum absolute atomic E-state index is 12.7. The summed E-state index contributed by atoms with van der Waals surface area (Å²) in [5.41, 5.74) is 4.78. The zero-order valence-electron chi connectivity index (χ0n) is 15.2. The monoisotopic (exact) mass is 346 g/mol. The third-order valence-electron chi connectivity index (χ3n) is 4.43. The van der Waals surface area contributed by atoms with E-state index in [0.717, 1.165) is 28.0 Å². The lowest BCUT2D eigenvalue weighted by Crippen LogP contribution is -2.27. The molecule has 3 rings (SSSR count). The summed E-state index contributed by atoms with van der Waals surface area (Å²) in [5, 5.41) is 3.06. The van der Waals surface area contributed by atoms with E-state index in [0.29, 0.717) is 5.56 Å². The number of ether oxygens (including phenoxy) is 1. The second-order valence-corrected chi connectivity index (χ2v) is 6.24. The van der Waals surface area contributed by atoms with Crippen LogP contribution in [0.4, 0.5) is 0 Å². The minimum atomic E-state index is -0.114. The van der Waals surface area contributed by atoms with E-state index >= 15 is 0 Å². The topological polar surface area (TPSA) is 51.2 Å². The van der Waals surface area contributed by atoms with Crippen LogP contribution in [-0.2, 0) is 0 Å². The number of carbonyl (C=O) groups is 1.